The van der Waals surface area contributed by atoms with Crippen molar-refractivity contribution in [3.63, 3.8) is 0 Å². The molecule has 1 aromatic rings. The number of methoxy groups -OCH3 is 1. The van der Waals surface area contributed by atoms with E-state index in [0.717, 1.165) is 30.8 Å². The fourth-order valence-electron chi connectivity index (χ4n) is 1.80. The quantitative estimate of drug-likeness (QED) is 0.444. The van der Waals surface area contributed by atoms with Crippen LogP contribution < -0.4 is 10.5 Å². The molecule has 0 fully saturated rings. The van der Waals surface area contributed by atoms with E-state index in [-0.39, 0.29) is 24.0 Å². The van der Waals surface area contributed by atoms with Crippen LogP contribution in [0.25, 0.3) is 0 Å². The number of nitrogens with two attached hydrogens (primary N) is 1. The van der Waals surface area contributed by atoms with Crippen LogP contribution in [0.3, 0.4) is 0 Å². The van der Waals surface area contributed by atoms with Gasteiger partial charge in [-0.15, -0.1) is 24.0 Å². The smallest absolute Gasteiger partial charge is 0.191 e. The van der Waals surface area contributed by atoms with Crippen molar-refractivity contribution in [1.29, 1.82) is 0 Å². The Kier molecular flexibility index (Phi) is 9.75. The van der Waals surface area contributed by atoms with Crippen molar-refractivity contribution in [2.24, 2.45) is 10.7 Å². The summed E-state index contributed by atoms with van der Waals surface area (Å²) in [6.07, 6.45) is 0.769. The molecule has 0 aromatic heterocycles. The molecule has 0 atom stereocenters. The first kappa shape index (κ1) is 19.3. The number of aliphatic imine (C=N–C) groups is 1. The Balaban J connectivity index is 0.00000361. The lowest BCUT2D eigenvalue weighted by Crippen LogP contribution is -2.37. The van der Waals surface area contributed by atoms with E-state index in [1.54, 1.807) is 7.11 Å². The lowest BCUT2D eigenvalue weighted by Gasteiger charge is -2.19. The molecule has 0 saturated carbocycles. The van der Waals surface area contributed by atoms with Crippen LogP contribution >= 0.6 is 35.6 Å². The molecule has 0 unspecified atom stereocenters. The highest BCUT2D eigenvalue weighted by Gasteiger charge is 2.04. The molecule has 1 aromatic carbocycles. The van der Waals surface area contributed by atoms with Gasteiger partial charge in [-0.05, 0) is 38.0 Å². The summed E-state index contributed by atoms with van der Waals surface area (Å²) in [5.41, 5.74) is 6.96. The zero-order valence-corrected chi connectivity index (χ0v) is 15.3. The largest absolute Gasteiger partial charge is 0.497 e. The summed E-state index contributed by atoms with van der Waals surface area (Å²) in [7, 11) is 1.63. The predicted molar refractivity (Wildman–Crippen MR) is 96.5 cm³/mol. The van der Waals surface area contributed by atoms with Crippen molar-refractivity contribution in [3.05, 3.63) is 28.8 Å². The minimum Gasteiger partial charge on any atom is -0.497 e. The average Bonchev–Trinajstić information content (AvgIpc) is 2.42. The van der Waals surface area contributed by atoms with Gasteiger partial charge in [0.05, 0.1) is 7.11 Å². The first-order valence-corrected chi connectivity index (χ1v) is 6.87. The van der Waals surface area contributed by atoms with E-state index in [1.165, 1.54) is 0 Å². The normalized spacial score (nSPS) is 10.9. The molecule has 6 heteroatoms. The van der Waals surface area contributed by atoms with Gasteiger partial charge < -0.3 is 15.4 Å². The van der Waals surface area contributed by atoms with Crippen LogP contribution in [0.2, 0.25) is 5.02 Å². The van der Waals surface area contributed by atoms with Gasteiger partial charge in [-0.1, -0.05) is 17.7 Å². The van der Waals surface area contributed by atoms with Gasteiger partial charge in [0.25, 0.3) is 0 Å². The molecular formula is C14H23ClIN3O. The minimum atomic E-state index is 0. The second kappa shape index (κ2) is 10.1. The summed E-state index contributed by atoms with van der Waals surface area (Å²) < 4.78 is 5.11. The summed E-state index contributed by atoms with van der Waals surface area (Å²) in [5, 5.41) is 0.705. The lowest BCUT2D eigenvalue weighted by molar-refractivity contribution is 0.414. The molecule has 0 heterocycles. The fraction of sp³-hybridized carbons (Fsp3) is 0.500. The van der Waals surface area contributed by atoms with Gasteiger partial charge in [0.15, 0.2) is 5.96 Å². The summed E-state index contributed by atoms with van der Waals surface area (Å²) in [5.74, 6) is 1.36. The number of guanidine groups is 1. The molecule has 114 valence electrons. The standard InChI is InChI=1S/C14H22ClN3O.HI/c1-4-18(5-2)14(16)17-9-8-11-6-7-12(19-3)10-13(11)15;/h6-7,10H,4-5,8-9H2,1-3H3,(H2,16,17);1H. The van der Waals surface area contributed by atoms with Crippen molar-refractivity contribution in [2.45, 2.75) is 20.3 Å². The molecule has 0 bridgehead atoms. The zero-order chi connectivity index (χ0) is 14.3. The molecule has 0 amide bonds. The van der Waals surface area contributed by atoms with E-state index in [0.29, 0.717) is 17.5 Å². The van der Waals surface area contributed by atoms with E-state index >= 15 is 0 Å². The first-order chi connectivity index (χ1) is 9.12. The number of hydrogen-bond donors (Lipinski definition) is 1. The first-order valence-electron chi connectivity index (χ1n) is 6.49. The Morgan fingerprint density at radius 2 is 2.00 bits per heavy atom. The molecule has 1 rings (SSSR count). The van der Waals surface area contributed by atoms with Gasteiger partial charge in [0, 0.05) is 24.7 Å². The van der Waals surface area contributed by atoms with Crippen molar-refractivity contribution < 1.29 is 4.74 Å². The Labute approximate surface area is 143 Å². The van der Waals surface area contributed by atoms with Crippen molar-refractivity contribution in [1.82, 2.24) is 4.90 Å². The molecule has 2 N–H and O–H groups in total. The van der Waals surface area contributed by atoms with E-state index in [9.17, 15) is 0 Å². The molecule has 0 aliphatic rings. The van der Waals surface area contributed by atoms with E-state index in [4.69, 9.17) is 22.1 Å². The lowest BCUT2D eigenvalue weighted by atomic mass is 10.1. The number of nitrogens with zero attached hydrogens (tertiary/aromatic N) is 2. The Morgan fingerprint density at radius 1 is 1.35 bits per heavy atom. The van der Waals surface area contributed by atoms with Crippen LogP contribution in [0.1, 0.15) is 19.4 Å². The van der Waals surface area contributed by atoms with Crippen LogP contribution in [0.15, 0.2) is 23.2 Å². The average molecular weight is 412 g/mol. The number of ether oxygens (including phenoxy) is 1. The van der Waals surface area contributed by atoms with Gasteiger partial charge in [-0.2, -0.15) is 0 Å². The van der Waals surface area contributed by atoms with E-state index in [1.807, 2.05) is 23.1 Å². The van der Waals surface area contributed by atoms with E-state index in [2.05, 4.69) is 18.8 Å². The van der Waals surface area contributed by atoms with Gasteiger partial charge in [-0.3, -0.25) is 4.99 Å². The summed E-state index contributed by atoms with van der Waals surface area (Å²) in [6, 6.07) is 5.68. The van der Waals surface area contributed by atoms with Gasteiger partial charge in [-0.25, -0.2) is 0 Å². The van der Waals surface area contributed by atoms with Gasteiger partial charge >= 0.3 is 0 Å². The molecule has 20 heavy (non-hydrogen) atoms. The van der Waals surface area contributed by atoms with Crippen molar-refractivity contribution in [2.75, 3.05) is 26.7 Å². The summed E-state index contributed by atoms with van der Waals surface area (Å²) >= 11 is 6.17. The number of benzene rings is 1. The SMILES string of the molecule is CCN(CC)C(N)=NCCc1ccc(OC)cc1Cl.I. The summed E-state index contributed by atoms with van der Waals surface area (Å²) in [6.45, 7) is 6.50. The molecular weight excluding hydrogens is 389 g/mol. The van der Waals surface area contributed by atoms with Crippen molar-refractivity contribution in [3.8, 4) is 5.75 Å². The van der Waals surface area contributed by atoms with Crippen LogP contribution in [0.4, 0.5) is 0 Å². The molecule has 4 nitrogen and oxygen atoms in total. The maximum absolute atomic E-state index is 6.17. The van der Waals surface area contributed by atoms with Crippen LogP contribution in [-0.2, 0) is 6.42 Å². The van der Waals surface area contributed by atoms with Crippen LogP contribution in [-0.4, -0.2) is 37.6 Å². The fourth-order valence-corrected chi connectivity index (χ4v) is 2.06. The van der Waals surface area contributed by atoms with Crippen LogP contribution in [0.5, 0.6) is 5.75 Å². The topological polar surface area (TPSA) is 50.8 Å². The maximum Gasteiger partial charge on any atom is 0.191 e. The van der Waals surface area contributed by atoms with Crippen molar-refractivity contribution >= 4 is 41.5 Å². The highest BCUT2D eigenvalue weighted by molar-refractivity contribution is 14.0. The van der Waals surface area contributed by atoms with Gasteiger partial charge in [0.1, 0.15) is 5.75 Å². The number of hydrogen-bond acceptors (Lipinski definition) is 2. The monoisotopic (exact) mass is 411 g/mol. The molecule has 0 aliphatic heterocycles. The third-order valence-electron chi connectivity index (χ3n) is 3.00. The Morgan fingerprint density at radius 3 is 2.50 bits per heavy atom. The third-order valence-corrected chi connectivity index (χ3v) is 3.35. The number of rotatable bonds is 6. The van der Waals surface area contributed by atoms with E-state index < -0.39 is 0 Å². The Bertz CT molecular complexity index is 436. The molecule has 0 saturated heterocycles. The Hall–Kier alpha value is -0.690. The van der Waals surface area contributed by atoms with Crippen LogP contribution in [0, 0.1) is 0 Å². The minimum absolute atomic E-state index is 0. The second-order valence-electron chi connectivity index (χ2n) is 4.12. The second-order valence-corrected chi connectivity index (χ2v) is 4.53. The highest BCUT2D eigenvalue weighted by Crippen LogP contribution is 2.22. The number of halogens is 2. The summed E-state index contributed by atoms with van der Waals surface area (Å²) in [4.78, 5) is 6.40. The molecule has 0 radical (unpaired) electrons. The predicted octanol–water partition coefficient (Wildman–Crippen LogP) is 3.17. The third kappa shape index (κ3) is 5.75. The molecule has 0 spiro atoms. The molecule has 0 aliphatic carbocycles. The zero-order valence-electron chi connectivity index (χ0n) is 12.2. The highest BCUT2D eigenvalue weighted by atomic mass is 127. The van der Waals surface area contributed by atoms with Gasteiger partial charge in [0.2, 0.25) is 0 Å². The maximum atomic E-state index is 6.17.